The minimum absolute atomic E-state index is 0.113. The van der Waals surface area contributed by atoms with Crippen LogP contribution in [0.4, 0.5) is 11.5 Å². The molecule has 2 heterocycles. The molecule has 0 saturated heterocycles. The monoisotopic (exact) mass is 503 g/mol. The Morgan fingerprint density at radius 1 is 1.18 bits per heavy atom. The number of anilines is 2. The number of aromatic nitrogens is 1. The Bertz CT molecular complexity index is 1250. The number of likely N-dealkylation sites (N-methyl/N-ethyl adjacent to an activating group) is 2. The molecule has 1 aliphatic rings. The van der Waals surface area contributed by atoms with Crippen LogP contribution in [0, 0.1) is 0 Å². The molecule has 0 radical (unpaired) electrons. The van der Waals surface area contributed by atoms with E-state index in [1.807, 2.05) is 42.3 Å². The molecule has 1 aromatic heterocycles. The highest BCUT2D eigenvalue weighted by Gasteiger charge is 2.21. The fourth-order valence-electron chi connectivity index (χ4n) is 3.96. The number of benzene rings is 2. The Hall–Kier alpha value is -2.59. The highest BCUT2D eigenvalue weighted by molar-refractivity contribution is 7.89. The minimum Gasteiger partial charge on any atom is -0.488 e. The summed E-state index contributed by atoms with van der Waals surface area (Å²) >= 11 is 6.11. The SMILES string of the molecule is CCN(CCNc1cccc2cc(Cl)ccc12)CCNS(=O)(=O)c1cnc2c(c1)OCCN2C. The Balaban J connectivity index is 1.29. The number of ether oxygens (including phenoxy) is 1. The fraction of sp³-hybridized carbons (Fsp3) is 0.375. The number of fused-ring (bicyclic) bond motifs is 2. The van der Waals surface area contributed by atoms with Crippen LogP contribution < -0.4 is 19.7 Å². The first-order chi connectivity index (χ1) is 16.4. The van der Waals surface area contributed by atoms with E-state index < -0.39 is 10.0 Å². The summed E-state index contributed by atoms with van der Waals surface area (Å²) in [5, 5.41) is 6.42. The molecule has 10 heteroatoms. The smallest absolute Gasteiger partial charge is 0.242 e. The summed E-state index contributed by atoms with van der Waals surface area (Å²) in [6.07, 6.45) is 1.38. The van der Waals surface area contributed by atoms with E-state index in [1.165, 1.54) is 6.20 Å². The summed E-state index contributed by atoms with van der Waals surface area (Å²) in [5.41, 5.74) is 1.05. The molecule has 2 aromatic carbocycles. The van der Waals surface area contributed by atoms with Crippen molar-refractivity contribution in [3.05, 3.63) is 53.7 Å². The van der Waals surface area contributed by atoms with Gasteiger partial charge in [0.15, 0.2) is 11.6 Å². The first-order valence-electron chi connectivity index (χ1n) is 11.4. The molecule has 0 spiro atoms. The lowest BCUT2D eigenvalue weighted by atomic mass is 10.1. The molecule has 0 bridgehead atoms. The largest absolute Gasteiger partial charge is 0.488 e. The third kappa shape index (κ3) is 5.72. The predicted molar refractivity (Wildman–Crippen MR) is 138 cm³/mol. The fourth-order valence-corrected chi connectivity index (χ4v) is 5.13. The maximum atomic E-state index is 12.8. The average molecular weight is 504 g/mol. The van der Waals surface area contributed by atoms with Crippen LogP contribution in [0.5, 0.6) is 5.75 Å². The summed E-state index contributed by atoms with van der Waals surface area (Å²) in [7, 11) is -1.76. The van der Waals surface area contributed by atoms with Crippen molar-refractivity contribution in [2.75, 3.05) is 63.1 Å². The lowest BCUT2D eigenvalue weighted by Gasteiger charge is -2.26. The molecule has 8 nitrogen and oxygen atoms in total. The van der Waals surface area contributed by atoms with Crippen LogP contribution in [0.15, 0.2) is 53.6 Å². The summed E-state index contributed by atoms with van der Waals surface area (Å²) in [6, 6.07) is 13.5. The molecule has 1 aliphatic heterocycles. The van der Waals surface area contributed by atoms with Crippen molar-refractivity contribution < 1.29 is 13.2 Å². The number of nitrogens with zero attached hydrogens (tertiary/aromatic N) is 3. The summed E-state index contributed by atoms with van der Waals surface area (Å²) < 4.78 is 33.8. The van der Waals surface area contributed by atoms with E-state index in [0.29, 0.717) is 31.3 Å². The number of hydrogen-bond acceptors (Lipinski definition) is 7. The van der Waals surface area contributed by atoms with Crippen LogP contribution >= 0.6 is 11.6 Å². The van der Waals surface area contributed by atoms with Gasteiger partial charge in [-0.3, -0.25) is 0 Å². The molecular formula is C24H30ClN5O3S. The van der Waals surface area contributed by atoms with Gasteiger partial charge in [-0.1, -0.05) is 36.7 Å². The van der Waals surface area contributed by atoms with Gasteiger partial charge in [-0.2, -0.15) is 0 Å². The van der Waals surface area contributed by atoms with Gasteiger partial charge in [0.05, 0.1) is 6.54 Å². The zero-order valence-corrected chi connectivity index (χ0v) is 21.0. The minimum atomic E-state index is -3.67. The van der Waals surface area contributed by atoms with Gasteiger partial charge < -0.3 is 19.9 Å². The second kappa shape index (κ2) is 10.8. The lowest BCUT2D eigenvalue weighted by molar-refractivity contribution is 0.304. The lowest BCUT2D eigenvalue weighted by Crippen LogP contribution is -2.37. The van der Waals surface area contributed by atoms with Crippen molar-refractivity contribution in [3.63, 3.8) is 0 Å². The van der Waals surface area contributed by atoms with E-state index in [0.717, 1.165) is 47.7 Å². The number of rotatable bonds is 10. The van der Waals surface area contributed by atoms with Gasteiger partial charge in [0, 0.05) is 61.6 Å². The topological polar surface area (TPSA) is 86.8 Å². The van der Waals surface area contributed by atoms with E-state index in [-0.39, 0.29) is 4.90 Å². The molecule has 0 fully saturated rings. The Labute approximate surface area is 205 Å². The van der Waals surface area contributed by atoms with Crippen LogP contribution in [-0.4, -0.2) is 71.2 Å². The van der Waals surface area contributed by atoms with Gasteiger partial charge in [0.1, 0.15) is 11.5 Å². The highest BCUT2D eigenvalue weighted by atomic mass is 35.5. The molecule has 34 heavy (non-hydrogen) atoms. The Morgan fingerprint density at radius 2 is 2.00 bits per heavy atom. The van der Waals surface area contributed by atoms with Crippen LogP contribution in [0.25, 0.3) is 10.8 Å². The number of hydrogen-bond donors (Lipinski definition) is 2. The van der Waals surface area contributed by atoms with Gasteiger partial charge in [-0.15, -0.1) is 0 Å². The molecular weight excluding hydrogens is 474 g/mol. The van der Waals surface area contributed by atoms with E-state index in [2.05, 4.69) is 32.9 Å². The zero-order chi connectivity index (χ0) is 24.1. The predicted octanol–water partition coefficient (Wildman–Crippen LogP) is 3.43. The zero-order valence-electron chi connectivity index (χ0n) is 19.4. The maximum Gasteiger partial charge on any atom is 0.242 e. The first kappa shape index (κ1) is 24.5. The van der Waals surface area contributed by atoms with Crippen LogP contribution in [0.1, 0.15) is 6.92 Å². The molecule has 0 saturated carbocycles. The van der Waals surface area contributed by atoms with Crippen molar-refractivity contribution >= 4 is 43.9 Å². The van der Waals surface area contributed by atoms with Crippen LogP contribution in [0.3, 0.4) is 0 Å². The summed E-state index contributed by atoms with van der Waals surface area (Å²) in [5.74, 6) is 1.15. The molecule has 0 unspecified atom stereocenters. The molecule has 2 N–H and O–H groups in total. The molecule has 3 aromatic rings. The summed E-state index contributed by atoms with van der Waals surface area (Å²) in [4.78, 5) is 8.53. The van der Waals surface area contributed by atoms with Crippen molar-refractivity contribution in [1.29, 1.82) is 0 Å². The molecule has 0 aliphatic carbocycles. The molecule has 182 valence electrons. The van der Waals surface area contributed by atoms with Gasteiger partial charge in [-0.25, -0.2) is 18.1 Å². The van der Waals surface area contributed by atoms with Crippen molar-refractivity contribution in [3.8, 4) is 5.75 Å². The third-order valence-corrected chi connectivity index (χ3v) is 7.58. The van der Waals surface area contributed by atoms with E-state index >= 15 is 0 Å². The maximum absolute atomic E-state index is 12.8. The van der Waals surface area contributed by atoms with E-state index in [4.69, 9.17) is 16.3 Å². The van der Waals surface area contributed by atoms with Gasteiger partial charge in [0.2, 0.25) is 10.0 Å². The van der Waals surface area contributed by atoms with E-state index in [9.17, 15) is 8.42 Å². The van der Waals surface area contributed by atoms with Crippen molar-refractivity contribution in [1.82, 2.24) is 14.6 Å². The van der Waals surface area contributed by atoms with Gasteiger partial charge in [-0.05, 0) is 30.1 Å². The van der Waals surface area contributed by atoms with Crippen LogP contribution in [-0.2, 0) is 10.0 Å². The number of sulfonamides is 1. The second-order valence-corrected chi connectivity index (χ2v) is 10.4. The average Bonchev–Trinajstić information content (AvgIpc) is 2.82. The number of pyridine rings is 1. The van der Waals surface area contributed by atoms with E-state index in [1.54, 1.807) is 6.07 Å². The van der Waals surface area contributed by atoms with Gasteiger partial charge >= 0.3 is 0 Å². The standard InChI is InChI=1S/C24H30ClN5O3S/c1-3-30(11-9-26-22-6-4-5-18-15-19(25)7-8-21(18)22)12-10-28-34(31,32)20-16-23-24(27-17-20)29(2)13-14-33-23/h4-8,15-17,26,28H,3,9-14H2,1-2H3. The Morgan fingerprint density at radius 3 is 2.82 bits per heavy atom. The second-order valence-electron chi connectivity index (χ2n) is 8.19. The quantitative estimate of drug-likeness (QED) is 0.438. The normalized spacial score (nSPS) is 13.7. The molecule has 0 amide bonds. The first-order valence-corrected chi connectivity index (χ1v) is 13.2. The molecule has 0 atom stereocenters. The Kier molecular flexibility index (Phi) is 7.77. The van der Waals surface area contributed by atoms with Crippen molar-refractivity contribution in [2.45, 2.75) is 11.8 Å². The molecule has 4 rings (SSSR count). The van der Waals surface area contributed by atoms with Gasteiger partial charge in [0.25, 0.3) is 0 Å². The summed E-state index contributed by atoms with van der Waals surface area (Å²) in [6.45, 7) is 6.53. The third-order valence-electron chi connectivity index (χ3n) is 5.92. The number of nitrogens with one attached hydrogen (secondary N) is 2. The highest BCUT2D eigenvalue weighted by Crippen LogP contribution is 2.30. The number of halogens is 1. The van der Waals surface area contributed by atoms with Crippen molar-refractivity contribution in [2.24, 2.45) is 0 Å². The van der Waals surface area contributed by atoms with Crippen LogP contribution in [0.2, 0.25) is 5.02 Å².